The van der Waals surface area contributed by atoms with E-state index in [0.29, 0.717) is 23.2 Å². The van der Waals surface area contributed by atoms with E-state index in [1.807, 2.05) is 25.1 Å². The summed E-state index contributed by atoms with van der Waals surface area (Å²) in [5, 5.41) is 3.08. The smallest absolute Gasteiger partial charge is 0.251 e. The van der Waals surface area contributed by atoms with Crippen LogP contribution in [0.2, 0.25) is 0 Å². The van der Waals surface area contributed by atoms with Gasteiger partial charge >= 0.3 is 0 Å². The van der Waals surface area contributed by atoms with Gasteiger partial charge in [0.1, 0.15) is 0 Å². The number of nitrogen functional groups attached to an aromatic ring is 1. The lowest BCUT2D eigenvalue weighted by Crippen LogP contribution is -2.27. The fourth-order valence-corrected chi connectivity index (χ4v) is 2.26. The summed E-state index contributed by atoms with van der Waals surface area (Å²) in [6.07, 6.45) is 3.52. The van der Waals surface area contributed by atoms with E-state index >= 15 is 0 Å². The number of nitrogens with one attached hydrogen (secondary N) is 1. The third-order valence-corrected chi connectivity index (χ3v) is 3.52. The van der Waals surface area contributed by atoms with Crippen molar-refractivity contribution in [1.29, 1.82) is 0 Å². The predicted molar refractivity (Wildman–Crippen MR) is 69.9 cm³/mol. The molecule has 0 saturated heterocycles. The highest BCUT2D eigenvalue weighted by Gasteiger charge is 2.37. The molecule has 1 aromatic carbocycles. The Morgan fingerprint density at radius 1 is 1.53 bits per heavy atom. The SMILES string of the molecule is CCCC1CC1NC(=O)c1cccc(N)c1C. The molecule has 1 amide bonds. The van der Waals surface area contributed by atoms with Crippen molar-refractivity contribution in [2.24, 2.45) is 5.92 Å². The lowest BCUT2D eigenvalue weighted by Gasteiger charge is -2.09. The van der Waals surface area contributed by atoms with Crippen LogP contribution in [0, 0.1) is 12.8 Å². The molecule has 1 saturated carbocycles. The Labute approximate surface area is 102 Å². The molecular formula is C14H20N2O. The van der Waals surface area contributed by atoms with Gasteiger partial charge in [0, 0.05) is 17.3 Å². The predicted octanol–water partition coefficient (Wildman–Crippen LogP) is 2.50. The Morgan fingerprint density at radius 3 is 3.00 bits per heavy atom. The van der Waals surface area contributed by atoms with Gasteiger partial charge in [-0.25, -0.2) is 0 Å². The van der Waals surface area contributed by atoms with Crippen molar-refractivity contribution in [3.8, 4) is 0 Å². The first-order valence-electron chi connectivity index (χ1n) is 6.29. The highest BCUT2D eigenvalue weighted by molar-refractivity contribution is 5.97. The van der Waals surface area contributed by atoms with Gasteiger partial charge in [-0.15, -0.1) is 0 Å². The number of anilines is 1. The fourth-order valence-electron chi connectivity index (χ4n) is 2.26. The minimum Gasteiger partial charge on any atom is -0.398 e. The quantitative estimate of drug-likeness (QED) is 0.784. The van der Waals surface area contributed by atoms with Gasteiger partial charge in [-0.3, -0.25) is 4.79 Å². The highest BCUT2D eigenvalue weighted by Crippen LogP contribution is 2.34. The number of carbonyl (C=O) groups excluding carboxylic acids is 1. The van der Waals surface area contributed by atoms with Crippen molar-refractivity contribution in [2.75, 3.05) is 5.73 Å². The number of rotatable bonds is 4. The molecule has 3 nitrogen and oxygen atoms in total. The highest BCUT2D eigenvalue weighted by atomic mass is 16.1. The summed E-state index contributed by atoms with van der Waals surface area (Å²) < 4.78 is 0. The summed E-state index contributed by atoms with van der Waals surface area (Å²) in [5.41, 5.74) is 8.05. The Hall–Kier alpha value is -1.51. The number of amides is 1. The third kappa shape index (κ3) is 2.60. The molecule has 1 aromatic rings. The Kier molecular flexibility index (Phi) is 3.36. The largest absolute Gasteiger partial charge is 0.398 e. The summed E-state index contributed by atoms with van der Waals surface area (Å²) >= 11 is 0. The van der Waals surface area contributed by atoms with E-state index in [4.69, 9.17) is 5.73 Å². The molecule has 0 aromatic heterocycles. The number of nitrogens with two attached hydrogens (primary N) is 1. The summed E-state index contributed by atoms with van der Waals surface area (Å²) in [6.45, 7) is 4.07. The standard InChI is InChI=1S/C14H20N2O/c1-3-5-10-8-13(10)16-14(17)11-6-4-7-12(15)9(11)2/h4,6-7,10,13H,3,5,8,15H2,1-2H3,(H,16,17). The van der Waals surface area contributed by atoms with Crippen LogP contribution in [0.1, 0.15) is 42.1 Å². The summed E-state index contributed by atoms with van der Waals surface area (Å²) in [5.74, 6) is 0.698. The molecule has 1 aliphatic carbocycles. The van der Waals surface area contributed by atoms with Crippen LogP contribution in [0.5, 0.6) is 0 Å². The first-order chi connectivity index (χ1) is 8.13. The maximum atomic E-state index is 12.1. The second kappa shape index (κ2) is 4.78. The lowest BCUT2D eigenvalue weighted by molar-refractivity contribution is 0.0948. The van der Waals surface area contributed by atoms with Crippen LogP contribution in [0.4, 0.5) is 5.69 Å². The zero-order valence-corrected chi connectivity index (χ0v) is 10.5. The average Bonchev–Trinajstić information content (AvgIpc) is 3.01. The van der Waals surface area contributed by atoms with Crippen molar-refractivity contribution < 1.29 is 4.79 Å². The first kappa shape index (κ1) is 12.0. The molecule has 0 bridgehead atoms. The molecule has 2 atom stereocenters. The Balaban J connectivity index is 1.99. The molecule has 1 aliphatic rings. The molecule has 2 rings (SSSR count). The summed E-state index contributed by atoms with van der Waals surface area (Å²) in [6, 6.07) is 5.86. The van der Waals surface area contributed by atoms with Gasteiger partial charge < -0.3 is 11.1 Å². The van der Waals surface area contributed by atoms with Crippen LogP contribution in [0.3, 0.4) is 0 Å². The van der Waals surface area contributed by atoms with E-state index in [9.17, 15) is 4.79 Å². The minimum atomic E-state index is 0.0124. The van der Waals surface area contributed by atoms with Gasteiger partial charge in [0.05, 0.1) is 0 Å². The molecule has 0 heterocycles. The number of carbonyl (C=O) groups is 1. The summed E-state index contributed by atoms with van der Waals surface area (Å²) in [4.78, 5) is 12.1. The Morgan fingerprint density at radius 2 is 2.29 bits per heavy atom. The fraction of sp³-hybridized carbons (Fsp3) is 0.500. The first-order valence-corrected chi connectivity index (χ1v) is 6.29. The monoisotopic (exact) mass is 232 g/mol. The van der Waals surface area contributed by atoms with Crippen LogP contribution < -0.4 is 11.1 Å². The molecule has 92 valence electrons. The Bertz CT molecular complexity index is 428. The zero-order valence-electron chi connectivity index (χ0n) is 10.5. The van der Waals surface area contributed by atoms with Crippen molar-refractivity contribution in [2.45, 2.75) is 39.2 Å². The van der Waals surface area contributed by atoms with Crippen LogP contribution in [-0.4, -0.2) is 11.9 Å². The van der Waals surface area contributed by atoms with Gasteiger partial charge in [-0.1, -0.05) is 19.4 Å². The maximum absolute atomic E-state index is 12.1. The van der Waals surface area contributed by atoms with E-state index < -0.39 is 0 Å². The van der Waals surface area contributed by atoms with E-state index in [-0.39, 0.29) is 5.91 Å². The number of benzene rings is 1. The topological polar surface area (TPSA) is 55.1 Å². The van der Waals surface area contributed by atoms with Crippen LogP contribution in [0.15, 0.2) is 18.2 Å². The number of hydrogen-bond donors (Lipinski definition) is 2. The van der Waals surface area contributed by atoms with Gasteiger partial charge in [0.2, 0.25) is 0 Å². The third-order valence-electron chi connectivity index (χ3n) is 3.52. The summed E-state index contributed by atoms with van der Waals surface area (Å²) in [7, 11) is 0. The second-order valence-corrected chi connectivity index (χ2v) is 4.88. The molecule has 3 N–H and O–H groups in total. The maximum Gasteiger partial charge on any atom is 0.251 e. The van der Waals surface area contributed by atoms with E-state index in [1.54, 1.807) is 0 Å². The van der Waals surface area contributed by atoms with Crippen LogP contribution in [-0.2, 0) is 0 Å². The van der Waals surface area contributed by atoms with E-state index in [1.165, 1.54) is 12.8 Å². The van der Waals surface area contributed by atoms with E-state index in [0.717, 1.165) is 12.0 Å². The minimum absolute atomic E-state index is 0.0124. The van der Waals surface area contributed by atoms with Gasteiger partial charge in [-0.05, 0) is 43.4 Å². The molecule has 17 heavy (non-hydrogen) atoms. The molecule has 0 radical (unpaired) electrons. The molecule has 0 spiro atoms. The van der Waals surface area contributed by atoms with Crippen molar-refractivity contribution in [1.82, 2.24) is 5.32 Å². The normalized spacial score (nSPS) is 22.2. The van der Waals surface area contributed by atoms with Gasteiger partial charge in [0.15, 0.2) is 0 Å². The van der Waals surface area contributed by atoms with Gasteiger partial charge in [0.25, 0.3) is 5.91 Å². The molecule has 0 aliphatic heterocycles. The molecule has 2 unspecified atom stereocenters. The van der Waals surface area contributed by atoms with E-state index in [2.05, 4.69) is 12.2 Å². The average molecular weight is 232 g/mol. The lowest BCUT2D eigenvalue weighted by atomic mass is 10.1. The van der Waals surface area contributed by atoms with Crippen molar-refractivity contribution in [3.63, 3.8) is 0 Å². The second-order valence-electron chi connectivity index (χ2n) is 4.88. The molecular weight excluding hydrogens is 212 g/mol. The number of hydrogen-bond acceptors (Lipinski definition) is 2. The van der Waals surface area contributed by atoms with Crippen LogP contribution in [0.25, 0.3) is 0 Å². The molecule has 1 fully saturated rings. The van der Waals surface area contributed by atoms with Gasteiger partial charge in [-0.2, -0.15) is 0 Å². The van der Waals surface area contributed by atoms with Crippen LogP contribution >= 0.6 is 0 Å². The zero-order chi connectivity index (χ0) is 12.4. The molecule has 3 heteroatoms. The van der Waals surface area contributed by atoms with Crippen molar-refractivity contribution >= 4 is 11.6 Å². The van der Waals surface area contributed by atoms with Crippen molar-refractivity contribution in [3.05, 3.63) is 29.3 Å².